The number of carbonyl (C=O) groups excluding carboxylic acids is 2. The van der Waals surface area contributed by atoms with Crippen molar-refractivity contribution in [2.45, 2.75) is 63.3 Å². The molecule has 1 aliphatic carbocycles. The molecule has 3 N–H and O–H groups in total. The lowest BCUT2D eigenvalue weighted by molar-refractivity contribution is -0.136. The van der Waals surface area contributed by atoms with Gasteiger partial charge in [0.15, 0.2) is 0 Å². The van der Waals surface area contributed by atoms with Gasteiger partial charge in [0.1, 0.15) is 6.10 Å². The summed E-state index contributed by atoms with van der Waals surface area (Å²) in [7, 11) is 0. The Morgan fingerprint density at radius 1 is 1.19 bits per heavy atom. The molecule has 0 aromatic heterocycles. The van der Waals surface area contributed by atoms with Crippen LogP contribution < -0.4 is 10.6 Å². The minimum Gasteiger partial charge on any atom is -0.394 e. The van der Waals surface area contributed by atoms with Crippen molar-refractivity contribution in [3.8, 4) is 0 Å². The molecule has 1 aromatic carbocycles. The minimum absolute atomic E-state index is 0.0601. The number of amides is 2. The molecule has 3 rings (SSSR count). The Labute approximate surface area is 154 Å². The predicted octanol–water partition coefficient (Wildman–Crippen LogP) is 1.69. The van der Waals surface area contributed by atoms with Crippen molar-refractivity contribution in [2.24, 2.45) is 5.92 Å². The van der Waals surface area contributed by atoms with Crippen LogP contribution in [0, 0.1) is 5.92 Å². The molecule has 6 heteroatoms. The van der Waals surface area contributed by atoms with Crippen LogP contribution >= 0.6 is 0 Å². The van der Waals surface area contributed by atoms with Gasteiger partial charge in [-0.05, 0) is 38.2 Å². The van der Waals surface area contributed by atoms with E-state index in [1.807, 2.05) is 37.3 Å². The first-order chi connectivity index (χ1) is 12.6. The largest absolute Gasteiger partial charge is 0.394 e. The van der Waals surface area contributed by atoms with E-state index in [1.54, 1.807) is 0 Å². The first-order valence-electron chi connectivity index (χ1n) is 9.47. The molecule has 1 heterocycles. The molecule has 0 bridgehead atoms. The third-order valence-electron chi connectivity index (χ3n) is 5.16. The van der Waals surface area contributed by atoms with Gasteiger partial charge in [-0.2, -0.15) is 0 Å². The lowest BCUT2D eigenvalue weighted by Crippen LogP contribution is -2.51. The minimum atomic E-state index is -0.448. The molecule has 1 aromatic rings. The second kappa shape index (κ2) is 8.64. The summed E-state index contributed by atoms with van der Waals surface area (Å²) in [4.78, 5) is 24.3. The van der Waals surface area contributed by atoms with E-state index in [-0.39, 0.29) is 48.9 Å². The highest BCUT2D eigenvalue weighted by atomic mass is 16.5. The molecule has 26 heavy (non-hydrogen) atoms. The number of aliphatic hydroxyl groups is 1. The number of ether oxygens (including phenoxy) is 1. The first-order valence-corrected chi connectivity index (χ1v) is 9.47. The molecule has 0 spiro atoms. The molecule has 1 aliphatic heterocycles. The molecule has 6 nitrogen and oxygen atoms in total. The lowest BCUT2D eigenvalue weighted by Gasteiger charge is -2.36. The second-order valence-corrected chi connectivity index (χ2v) is 7.35. The van der Waals surface area contributed by atoms with E-state index in [0.29, 0.717) is 6.42 Å². The molecule has 1 saturated carbocycles. The molecule has 0 unspecified atom stereocenters. The van der Waals surface area contributed by atoms with Crippen LogP contribution in [0.5, 0.6) is 0 Å². The summed E-state index contributed by atoms with van der Waals surface area (Å²) >= 11 is 0. The number of hydrogen-bond donors (Lipinski definition) is 3. The molecule has 1 saturated heterocycles. The first kappa shape index (κ1) is 18.9. The van der Waals surface area contributed by atoms with Gasteiger partial charge in [0, 0.05) is 5.92 Å². The van der Waals surface area contributed by atoms with Gasteiger partial charge >= 0.3 is 0 Å². The van der Waals surface area contributed by atoms with Gasteiger partial charge in [-0.15, -0.1) is 0 Å². The van der Waals surface area contributed by atoms with Crippen molar-refractivity contribution in [1.82, 2.24) is 10.6 Å². The number of hydrogen-bond acceptors (Lipinski definition) is 4. The smallest absolute Gasteiger partial charge is 0.223 e. The van der Waals surface area contributed by atoms with Crippen LogP contribution in [0.4, 0.5) is 0 Å². The van der Waals surface area contributed by atoms with E-state index in [0.717, 1.165) is 24.8 Å². The Kier molecular flexibility index (Phi) is 6.27. The normalized spacial score (nSPS) is 26.8. The number of rotatable bonds is 7. The number of benzene rings is 1. The fourth-order valence-corrected chi connectivity index (χ4v) is 3.43. The third-order valence-corrected chi connectivity index (χ3v) is 5.16. The monoisotopic (exact) mass is 360 g/mol. The van der Waals surface area contributed by atoms with E-state index in [4.69, 9.17) is 4.74 Å². The summed E-state index contributed by atoms with van der Waals surface area (Å²) in [5, 5.41) is 15.6. The zero-order valence-electron chi connectivity index (χ0n) is 15.2. The van der Waals surface area contributed by atoms with Gasteiger partial charge in [-0.1, -0.05) is 30.3 Å². The molecule has 0 radical (unpaired) electrons. The van der Waals surface area contributed by atoms with Crippen LogP contribution in [-0.4, -0.2) is 41.8 Å². The van der Waals surface area contributed by atoms with Crippen LogP contribution in [0.15, 0.2) is 30.3 Å². The van der Waals surface area contributed by atoms with Crippen LogP contribution in [0.2, 0.25) is 0 Å². The summed E-state index contributed by atoms with van der Waals surface area (Å²) in [6.45, 7) is 1.79. The van der Waals surface area contributed by atoms with E-state index < -0.39 is 6.10 Å². The topological polar surface area (TPSA) is 87.7 Å². The Morgan fingerprint density at radius 3 is 2.58 bits per heavy atom. The van der Waals surface area contributed by atoms with Crippen molar-refractivity contribution >= 4 is 11.8 Å². The maximum absolute atomic E-state index is 12.3. The van der Waals surface area contributed by atoms with Gasteiger partial charge in [-0.3, -0.25) is 9.59 Å². The quantitative estimate of drug-likeness (QED) is 0.690. The average molecular weight is 360 g/mol. The summed E-state index contributed by atoms with van der Waals surface area (Å²) < 4.78 is 5.88. The summed E-state index contributed by atoms with van der Waals surface area (Å²) in [6.07, 6.45) is 2.89. The van der Waals surface area contributed by atoms with Crippen molar-refractivity contribution in [2.75, 3.05) is 6.61 Å². The van der Waals surface area contributed by atoms with Crippen LogP contribution in [0.25, 0.3) is 0 Å². The van der Waals surface area contributed by atoms with Gasteiger partial charge in [0.05, 0.1) is 31.2 Å². The van der Waals surface area contributed by atoms with Gasteiger partial charge in [-0.25, -0.2) is 0 Å². The van der Waals surface area contributed by atoms with E-state index in [1.165, 1.54) is 0 Å². The maximum Gasteiger partial charge on any atom is 0.223 e. The van der Waals surface area contributed by atoms with Crippen molar-refractivity contribution in [1.29, 1.82) is 0 Å². The Bertz CT molecular complexity index is 617. The Morgan fingerprint density at radius 2 is 1.92 bits per heavy atom. The third kappa shape index (κ3) is 5.05. The molecule has 2 fully saturated rings. The fourth-order valence-electron chi connectivity index (χ4n) is 3.43. The van der Waals surface area contributed by atoms with Crippen LogP contribution in [-0.2, 0) is 14.3 Å². The van der Waals surface area contributed by atoms with Gasteiger partial charge < -0.3 is 20.5 Å². The zero-order chi connectivity index (χ0) is 18.5. The summed E-state index contributed by atoms with van der Waals surface area (Å²) in [5.41, 5.74) is 1.06. The molecular formula is C20H28N2O4. The molecule has 2 aliphatic rings. The second-order valence-electron chi connectivity index (χ2n) is 7.35. The highest BCUT2D eigenvalue weighted by Crippen LogP contribution is 2.30. The summed E-state index contributed by atoms with van der Waals surface area (Å²) in [6, 6.07) is 9.58. The van der Waals surface area contributed by atoms with Gasteiger partial charge in [0.25, 0.3) is 0 Å². The SMILES string of the molecule is C[C@@H](NC(=O)C[C@@H]1CC[C@@H](NC(=O)C2CC2)[C@H](CO)O1)c1ccccc1. The lowest BCUT2D eigenvalue weighted by atomic mass is 9.96. The molecule has 2 amide bonds. The van der Waals surface area contributed by atoms with Crippen molar-refractivity contribution in [3.05, 3.63) is 35.9 Å². The maximum atomic E-state index is 12.3. The Balaban J connectivity index is 1.46. The fraction of sp³-hybridized carbons (Fsp3) is 0.600. The molecule has 4 atom stereocenters. The number of nitrogens with one attached hydrogen (secondary N) is 2. The predicted molar refractivity (Wildman–Crippen MR) is 97.3 cm³/mol. The van der Waals surface area contributed by atoms with Crippen LogP contribution in [0.1, 0.15) is 50.6 Å². The Hall–Kier alpha value is -1.92. The number of aliphatic hydroxyl groups excluding tert-OH is 1. The van der Waals surface area contributed by atoms with Crippen molar-refractivity contribution < 1.29 is 19.4 Å². The van der Waals surface area contributed by atoms with Gasteiger partial charge in [0.2, 0.25) is 11.8 Å². The van der Waals surface area contributed by atoms with Crippen molar-refractivity contribution in [3.63, 3.8) is 0 Å². The molecular weight excluding hydrogens is 332 g/mol. The standard InChI is InChI=1S/C20H28N2O4/c1-13(14-5-3-2-4-6-14)21-19(24)11-16-9-10-17(18(12-23)26-16)22-20(25)15-7-8-15/h2-6,13,15-18,23H,7-12H2,1H3,(H,21,24)(H,22,25)/t13-,16+,17-,18+/m1/s1. The highest BCUT2D eigenvalue weighted by molar-refractivity contribution is 5.81. The number of carbonyl (C=O) groups is 2. The van der Waals surface area contributed by atoms with Crippen LogP contribution in [0.3, 0.4) is 0 Å². The average Bonchev–Trinajstić information content (AvgIpc) is 3.48. The van der Waals surface area contributed by atoms with E-state index in [9.17, 15) is 14.7 Å². The highest BCUT2D eigenvalue weighted by Gasteiger charge is 2.36. The van der Waals surface area contributed by atoms with E-state index >= 15 is 0 Å². The molecule has 142 valence electrons. The van der Waals surface area contributed by atoms with E-state index in [2.05, 4.69) is 10.6 Å². The zero-order valence-corrected chi connectivity index (χ0v) is 15.2. The summed E-state index contributed by atoms with van der Waals surface area (Å²) in [5.74, 6) is 0.130.